The number of aryl methyl sites for hydroxylation is 1. The Morgan fingerprint density at radius 3 is 1.98 bits per heavy atom. The topological polar surface area (TPSA) is 55.8 Å². The standard InChI is InChI=1S/C35H42ClNO4/c1-8-13-37-25-16-34(3,4)18-27(38)31(25)30(32-26(37)17-35(5,6)19-28(32)39)23-14-24(36)33(29(15-23)40-7)41-20-22-11-9-21(2)10-12-22/h9-12,14-15,30H,8,13,16-20H2,1-7H3. The number of carbonyl (C=O) groups excluding carboxylic acids is 2. The molecule has 0 fully saturated rings. The summed E-state index contributed by atoms with van der Waals surface area (Å²) in [7, 11) is 1.59. The predicted molar refractivity (Wildman–Crippen MR) is 163 cm³/mol. The molecule has 1 heterocycles. The molecule has 0 aromatic heterocycles. The smallest absolute Gasteiger partial charge is 0.180 e. The Labute approximate surface area is 249 Å². The molecule has 0 amide bonds. The van der Waals surface area contributed by atoms with Crippen molar-refractivity contribution in [2.75, 3.05) is 13.7 Å². The van der Waals surface area contributed by atoms with Crippen molar-refractivity contribution in [1.29, 1.82) is 0 Å². The fourth-order valence-corrected chi connectivity index (χ4v) is 7.03. The number of hydrogen-bond donors (Lipinski definition) is 0. The second-order valence-corrected chi connectivity index (χ2v) is 13.9. The lowest BCUT2D eigenvalue weighted by Gasteiger charge is -2.49. The number of halogens is 1. The monoisotopic (exact) mass is 575 g/mol. The molecule has 2 aromatic rings. The first-order valence-electron chi connectivity index (χ1n) is 14.7. The van der Waals surface area contributed by atoms with E-state index in [0.29, 0.717) is 36.0 Å². The van der Waals surface area contributed by atoms with Crippen LogP contribution in [0.2, 0.25) is 5.02 Å². The van der Waals surface area contributed by atoms with Crippen LogP contribution < -0.4 is 9.47 Å². The zero-order valence-corrected chi connectivity index (χ0v) is 26.2. The summed E-state index contributed by atoms with van der Waals surface area (Å²) in [6, 6.07) is 11.9. The van der Waals surface area contributed by atoms with E-state index >= 15 is 0 Å². The lowest BCUT2D eigenvalue weighted by Crippen LogP contribution is -2.44. The van der Waals surface area contributed by atoms with Gasteiger partial charge in [0.15, 0.2) is 23.1 Å². The molecule has 218 valence electrons. The fourth-order valence-electron chi connectivity index (χ4n) is 6.76. The van der Waals surface area contributed by atoms with Gasteiger partial charge in [-0.1, -0.05) is 76.0 Å². The number of hydrogen-bond acceptors (Lipinski definition) is 5. The Hall–Kier alpha value is -3.05. The Morgan fingerprint density at radius 1 is 0.902 bits per heavy atom. The maximum atomic E-state index is 14.0. The van der Waals surface area contributed by atoms with Crippen LogP contribution >= 0.6 is 11.6 Å². The van der Waals surface area contributed by atoms with Gasteiger partial charge in [0.05, 0.1) is 12.1 Å². The van der Waals surface area contributed by atoms with Gasteiger partial charge >= 0.3 is 0 Å². The highest BCUT2D eigenvalue weighted by Crippen LogP contribution is 2.55. The van der Waals surface area contributed by atoms with Gasteiger partial charge in [0.2, 0.25) is 0 Å². The van der Waals surface area contributed by atoms with E-state index in [9.17, 15) is 9.59 Å². The van der Waals surface area contributed by atoms with Crippen LogP contribution in [0, 0.1) is 17.8 Å². The van der Waals surface area contributed by atoms with Crippen LogP contribution in [0.1, 0.15) is 89.3 Å². The third-order valence-electron chi connectivity index (χ3n) is 8.56. The Balaban J connectivity index is 1.65. The van der Waals surface area contributed by atoms with Crippen LogP contribution in [-0.2, 0) is 16.2 Å². The molecule has 2 aromatic carbocycles. The number of nitrogens with zero attached hydrogens (tertiary/aromatic N) is 1. The second-order valence-electron chi connectivity index (χ2n) is 13.5. The zero-order valence-electron chi connectivity index (χ0n) is 25.4. The SMILES string of the molecule is CCCN1C2=C(C(=O)CC(C)(C)C2)C(c2cc(Cl)c(OCc3ccc(C)cc3)c(OC)c2)C2=C1CC(C)(C)CC2=O. The molecule has 41 heavy (non-hydrogen) atoms. The Morgan fingerprint density at radius 2 is 1.46 bits per heavy atom. The molecule has 0 radical (unpaired) electrons. The molecule has 0 saturated heterocycles. The predicted octanol–water partition coefficient (Wildman–Crippen LogP) is 8.33. The van der Waals surface area contributed by atoms with Crippen LogP contribution in [0.25, 0.3) is 0 Å². The van der Waals surface area contributed by atoms with Gasteiger partial charge in [0, 0.05) is 47.8 Å². The van der Waals surface area contributed by atoms with E-state index in [2.05, 4.69) is 39.5 Å². The molecule has 1 aliphatic heterocycles. The highest BCUT2D eigenvalue weighted by atomic mass is 35.5. The number of ketones is 2. The molecule has 2 aliphatic carbocycles. The number of methoxy groups -OCH3 is 1. The molecule has 0 N–H and O–H groups in total. The molecule has 0 unspecified atom stereocenters. The molecule has 6 heteroatoms. The van der Waals surface area contributed by atoms with Crippen LogP contribution in [0.15, 0.2) is 58.9 Å². The van der Waals surface area contributed by atoms with Crippen molar-refractivity contribution < 1.29 is 19.1 Å². The first-order valence-corrected chi connectivity index (χ1v) is 15.1. The minimum Gasteiger partial charge on any atom is -0.493 e. The van der Waals surface area contributed by atoms with Crippen LogP contribution in [0.3, 0.4) is 0 Å². The molecule has 5 nitrogen and oxygen atoms in total. The van der Waals surface area contributed by atoms with Crippen LogP contribution in [0.5, 0.6) is 11.5 Å². The first kappa shape index (κ1) is 29.4. The summed E-state index contributed by atoms with van der Waals surface area (Å²) in [5, 5.41) is 0.402. The van der Waals surface area contributed by atoms with E-state index < -0.39 is 5.92 Å². The highest BCUT2D eigenvalue weighted by molar-refractivity contribution is 6.32. The molecule has 3 aliphatic rings. The van der Waals surface area contributed by atoms with Crippen LogP contribution in [-0.4, -0.2) is 30.1 Å². The van der Waals surface area contributed by atoms with Gasteiger partial charge in [0.25, 0.3) is 0 Å². The van der Waals surface area contributed by atoms with Crippen LogP contribution in [0.4, 0.5) is 0 Å². The van der Waals surface area contributed by atoms with E-state index in [1.54, 1.807) is 7.11 Å². The normalized spacial score (nSPS) is 20.2. The summed E-state index contributed by atoms with van der Waals surface area (Å²) in [4.78, 5) is 30.3. The lowest BCUT2D eigenvalue weighted by atomic mass is 9.63. The van der Waals surface area contributed by atoms with E-state index in [0.717, 1.165) is 59.5 Å². The number of benzene rings is 2. The van der Waals surface area contributed by atoms with E-state index in [4.69, 9.17) is 21.1 Å². The van der Waals surface area contributed by atoms with Gasteiger partial charge in [0.1, 0.15) is 6.61 Å². The quantitative estimate of drug-likeness (QED) is 0.332. The summed E-state index contributed by atoms with van der Waals surface area (Å²) >= 11 is 6.90. The summed E-state index contributed by atoms with van der Waals surface area (Å²) in [6.45, 7) is 14.0. The highest BCUT2D eigenvalue weighted by Gasteiger charge is 2.49. The minimum absolute atomic E-state index is 0.112. The molecular weight excluding hydrogens is 534 g/mol. The van der Waals surface area contributed by atoms with Gasteiger partial charge in [-0.3, -0.25) is 9.59 Å². The van der Waals surface area contributed by atoms with Gasteiger partial charge in [-0.2, -0.15) is 0 Å². The molecule has 0 saturated carbocycles. The number of Topliss-reactive ketones (excluding diaryl/α,β-unsaturated/α-hetero) is 2. The maximum absolute atomic E-state index is 14.0. The van der Waals surface area contributed by atoms with Gasteiger partial charge in [-0.05, 0) is 60.3 Å². The lowest BCUT2D eigenvalue weighted by molar-refractivity contribution is -0.119. The van der Waals surface area contributed by atoms with Gasteiger partial charge < -0.3 is 14.4 Å². The van der Waals surface area contributed by atoms with E-state index in [1.807, 2.05) is 43.3 Å². The average Bonchev–Trinajstić information content (AvgIpc) is 2.88. The summed E-state index contributed by atoms with van der Waals surface area (Å²) in [5.74, 6) is 0.699. The molecular formula is C35H42ClNO4. The molecule has 0 atom stereocenters. The molecule has 0 spiro atoms. The zero-order chi connectivity index (χ0) is 29.7. The van der Waals surface area contributed by atoms with Crippen molar-refractivity contribution in [3.63, 3.8) is 0 Å². The van der Waals surface area contributed by atoms with E-state index in [1.165, 1.54) is 5.56 Å². The van der Waals surface area contributed by atoms with E-state index in [-0.39, 0.29) is 22.4 Å². The minimum atomic E-state index is -0.474. The van der Waals surface area contributed by atoms with Gasteiger partial charge in [-0.25, -0.2) is 0 Å². The average molecular weight is 576 g/mol. The van der Waals surface area contributed by atoms with Crippen molar-refractivity contribution >= 4 is 23.2 Å². The van der Waals surface area contributed by atoms with Crippen molar-refractivity contribution in [2.24, 2.45) is 10.8 Å². The fraction of sp³-hybridized carbons (Fsp3) is 0.486. The van der Waals surface area contributed by atoms with Crippen molar-refractivity contribution in [1.82, 2.24) is 4.90 Å². The Bertz CT molecular complexity index is 1390. The van der Waals surface area contributed by atoms with Crippen molar-refractivity contribution in [3.8, 4) is 11.5 Å². The summed E-state index contributed by atoms with van der Waals surface area (Å²) in [5.41, 5.74) is 6.33. The molecule has 5 rings (SSSR count). The van der Waals surface area contributed by atoms with Crippen molar-refractivity contribution in [2.45, 2.75) is 86.2 Å². The largest absolute Gasteiger partial charge is 0.493 e. The van der Waals surface area contributed by atoms with Gasteiger partial charge in [-0.15, -0.1) is 0 Å². The number of ether oxygens (including phenoxy) is 2. The first-order chi connectivity index (χ1) is 19.3. The number of rotatable bonds is 7. The second kappa shape index (κ2) is 11.0. The Kier molecular flexibility index (Phi) is 7.88. The summed E-state index contributed by atoms with van der Waals surface area (Å²) < 4.78 is 12.0. The number of allylic oxidation sites excluding steroid dienone is 4. The third-order valence-corrected chi connectivity index (χ3v) is 8.84. The third kappa shape index (κ3) is 5.70. The summed E-state index contributed by atoms with van der Waals surface area (Å²) in [6.07, 6.45) is 3.41. The number of carbonyl (C=O) groups is 2. The van der Waals surface area contributed by atoms with Crippen molar-refractivity contribution in [3.05, 3.63) is 80.7 Å². The molecule has 0 bridgehead atoms. The maximum Gasteiger partial charge on any atom is 0.180 e.